The lowest BCUT2D eigenvalue weighted by atomic mass is 10.1. The summed E-state index contributed by atoms with van der Waals surface area (Å²) in [6, 6.07) is 14.9. The average molecular weight is 323 g/mol. The third-order valence-corrected chi connectivity index (χ3v) is 3.46. The molecule has 1 N–H and O–H groups in total. The van der Waals surface area contributed by atoms with Gasteiger partial charge in [0, 0.05) is 11.3 Å². The van der Waals surface area contributed by atoms with E-state index in [0.717, 1.165) is 16.8 Å². The first kappa shape index (κ1) is 15.7. The molecular formula is C18H17N3O3. The molecule has 6 heteroatoms. The molecule has 6 nitrogen and oxygen atoms in total. The predicted octanol–water partition coefficient (Wildman–Crippen LogP) is 3.44. The van der Waals surface area contributed by atoms with Crippen molar-refractivity contribution < 1.29 is 13.9 Å². The second-order valence-electron chi connectivity index (χ2n) is 5.30. The van der Waals surface area contributed by atoms with E-state index in [1.165, 1.54) is 7.11 Å². The molecule has 0 unspecified atom stereocenters. The van der Waals surface area contributed by atoms with Gasteiger partial charge in [0.25, 0.3) is 0 Å². The number of rotatable bonds is 5. The Morgan fingerprint density at radius 1 is 1.17 bits per heavy atom. The Morgan fingerprint density at radius 2 is 2.00 bits per heavy atom. The molecule has 0 spiro atoms. The van der Waals surface area contributed by atoms with Crippen molar-refractivity contribution in [3.05, 3.63) is 65.5 Å². The van der Waals surface area contributed by atoms with Gasteiger partial charge in [-0.3, -0.25) is 0 Å². The van der Waals surface area contributed by atoms with Crippen LogP contribution in [-0.2, 0) is 11.3 Å². The van der Waals surface area contributed by atoms with Crippen LogP contribution in [-0.4, -0.2) is 23.3 Å². The standard InChI is InChI=1S/C18H17N3O3/c1-12-5-3-6-13(9-12)17-21-20-16(24-17)11-19-15-8-4-7-14(10-15)18(22)23-2/h3-10,19H,11H2,1-2H3. The third kappa shape index (κ3) is 3.60. The zero-order valence-corrected chi connectivity index (χ0v) is 13.4. The summed E-state index contributed by atoms with van der Waals surface area (Å²) in [5.41, 5.74) is 3.27. The summed E-state index contributed by atoms with van der Waals surface area (Å²) in [5, 5.41) is 11.3. The topological polar surface area (TPSA) is 77.2 Å². The van der Waals surface area contributed by atoms with Gasteiger partial charge in [0.05, 0.1) is 19.2 Å². The number of methoxy groups -OCH3 is 1. The van der Waals surface area contributed by atoms with Crippen LogP contribution in [0.25, 0.3) is 11.5 Å². The molecule has 0 aliphatic heterocycles. The van der Waals surface area contributed by atoms with E-state index in [2.05, 4.69) is 15.5 Å². The number of carbonyl (C=O) groups is 1. The van der Waals surface area contributed by atoms with Gasteiger partial charge < -0.3 is 14.5 Å². The number of aromatic nitrogens is 2. The maximum Gasteiger partial charge on any atom is 0.337 e. The fourth-order valence-electron chi connectivity index (χ4n) is 2.27. The van der Waals surface area contributed by atoms with Gasteiger partial charge in [0.2, 0.25) is 11.8 Å². The first-order valence-corrected chi connectivity index (χ1v) is 7.47. The van der Waals surface area contributed by atoms with Crippen molar-refractivity contribution in [1.82, 2.24) is 10.2 Å². The molecular weight excluding hydrogens is 306 g/mol. The zero-order chi connectivity index (χ0) is 16.9. The molecule has 3 rings (SSSR count). The zero-order valence-electron chi connectivity index (χ0n) is 13.4. The molecule has 0 bridgehead atoms. The van der Waals surface area contributed by atoms with Gasteiger partial charge in [0.1, 0.15) is 0 Å². The fourth-order valence-corrected chi connectivity index (χ4v) is 2.27. The molecule has 0 amide bonds. The van der Waals surface area contributed by atoms with E-state index >= 15 is 0 Å². The molecule has 122 valence electrons. The SMILES string of the molecule is COC(=O)c1cccc(NCc2nnc(-c3cccc(C)c3)o2)c1. The lowest BCUT2D eigenvalue weighted by molar-refractivity contribution is 0.0601. The maximum atomic E-state index is 11.5. The highest BCUT2D eigenvalue weighted by molar-refractivity contribution is 5.90. The van der Waals surface area contributed by atoms with E-state index in [0.29, 0.717) is 23.9 Å². The number of hydrogen-bond acceptors (Lipinski definition) is 6. The van der Waals surface area contributed by atoms with Gasteiger partial charge in [-0.1, -0.05) is 23.8 Å². The van der Waals surface area contributed by atoms with Crippen LogP contribution in [0.2, 0.25) is 0 Å². The quantitative estimate of drug-likeness (QED) is 0.725. The van der Waals surface area contributed by atoms with E-state index < -0.39 is 0 Å². The molecule has 0 aliphatic rings. The molecule has 0 aliphatic carbocycles. The summed E-state index contributed by atoms with van der Waals surface area (Å²) in [6.07, 6.45) is 0. The van der Waals surface area contributed by atoms with Crippen molar-refractivity contribution in [2.75, 3.05) is 12.4 Å². The number of esters is 1. The Balaban J connectivity index is 1.69. The summed E-state index contributed by atoms with van der Waals surface area (Å²) in [6.45, 7) is 2.38. The number of nitrogens with one attached hydrogen (secondary N) is 1. The molecule has 3 aromatic rings. The van der Waals surface area contributed by atoms with Crippen LogP contribution < -0.4 is 5.32 Å². The van der Waals surface area contributed by atoms with Crippen molar-refractivity contribution in [3.63, 3.8) is 0 Å². The van der Waals surface area contributed by atoms with E-state index in [1.54, 1.807) is 18.2 Å². The smallest absolute Gasteiger partial charge is 0.337 e. The summed E-state index contributed by atoms with van der Waals surface area (Å²) < 4.78 is 10.4. The van der Waals surface area contributed by atoms with Crippen molar-refractivity contribution in [2.45, 2.75) is 13.5 Å². The minimum atomic E-state index is -0.377. The van der Waals surface area contributed by atoms with Gasteiger partial charge in [0.15, 0.2) is 0 Å². The fraction of sp³-hybridized carbons (Fsp3) is 0.167. The minimum absolute atomic E-state index is 0.365. The summed E-state index contributed by atoms with van der Waals surface area (Å²) in [7, 11) is 1.35. The lowest BCUT2D eigenvalue weighted by Crippen LogP contribution is -2.04. The Bertz CT molecular complexity index is 858. The molecule has 2 aromatic carbocycles. The molecule has 0 radical (unpaired) electrons. The highest BCUT2D eigenvalue weighted by Gasteiger charge is 2.09. The molecule has 1 heterocycles. The van der Waals surface area contributed by atoms with Crippen LogP contribution in [0.5, 0.6) is 0 Å². The van der Waals surface area contributed by atoms with Crippen molar-refractivity contribution in [1.29, 1.82) is 0 Å². The maximum absolute atomic E-state index is 11.5. The summed E-state index contributed by atoms with van der Waals surface area (Å²) >= 11 is 0. The molecule has 0 saturated heterocycles. The minimum Gasteiger partial charge on any atom is -0.465 e. The Morgan fingerprint density at radius 3 is 2.79 bits per heavy atom. The van der Waals surface area contributed by atoms with Crippen LogP contribution in [0.3, 0.4) is 0 Å². The number of anilines is 1. The normalized spacial score (nSPS) is 10.4. The van der Waals surface area contributed by atoms with Gasteiger partial charge in [-0.25, -0.2) is 4.79 Å². The number of carbonyl (C=O) groups excluding carboxylic acids is 1. The molecule has 0 saturated carbocycles. The number of hydrogen-bond donors (Lipinski definition) is 1. The van der Waals surface area contributed by atoms with Gasteiger partial charge in [-0.2, -0.15) is 0 Å². The Hall–Kier alpha value is -3.15. The van der Waals surface area contributed by atoms with Gasteiger partial charge >= 0.3 is 5.97 Å². The monoisotopic (exact) mass is 323 g/mol. The average Bonchev–Trinajstić information content (AvgIpc) is 3.08. The molecule has 0 atom stereocenters. The van der Waals surface area contributed by atoms with Crippen molar-refractivity contribution >= 4 is 11.7 Å². The van der Waals surface area contributed by atoms with E-state index in [-0.39, 0.29) is 5.97 Å². The second-order valence-corrected chi connectivity index (χ2v) is 5.30. The Kier molecular flexibility index (Phi) is 4.56. The van der Waals surface area contributed by atoms with Crippen LogP contribution in [0, 0.1) is 6.92 Å². The first-order valence-electron chi connectivity index (χ1n) is 7.47. The van der Waals surface area contributed by atoms with E-state index in [4.69, 9.17) is 9.15 Å². The van der Waals surface area contributed by atoms with Crippen molar-refractivity contribution in [3.8, 4) is 11.5 Å². The first-order chi connectivity index (χ1) is 11.7. The Labute approximate surface area is 139 Å². The summed E-state index contributed by atoms with van der Waals surface area (Å²) in [4.78, 5) is 11.5. The largest absolute Gasteiger partial charge is 0.465 e. The molecule has 24 heavy (non-hydrogen) atoms. The van der Waals surface area contributed by atoms with E-state index in [9.17, 15) is 4.79 Å². The predicted molar refractivity (Wildman–Crippen MR) is 89.6 cm³/mol. The number of aryl methyl sites for hydroxylation is 1. The summed E-state index contributed by atoms with van der Waals surface area (Å²) in [5.74, 6) is 0.576. The third-order valence-electron chi connectivity index (χ3n) is 3.46. The number of benzene rings is 2. The molecule has 1 aromatic heterocycles. The highest BCUT2D eigenvalue weighted by atomic mass is 16.5. The van der Waals surface area contributed by atoms with Gasteiger partial charge in [-0.15, -0.1) is 10.2 Å². The molecule has 0 fully saturated rings. The lowest BCUT2D eigenvalue weighted by Gasteiger charge is -2.05. The van der Waals surface area contributed by atoms with Crippen molar-refractivity contribution in [2.24, 2.45) is 0 Å². The number of ether oxygens (including phenoxy) is 1. The van der Waals surface area contributed by atoms with E-state index in [1.807, 2.05) is 37.3 Å². The van der Waals surface area contributed by atoms with Gasteiger partial charge in [-0.05, 0) is 37.3 Å². The van der Waals surface area contributed by atoms with Crippen LogP contribution in [0.15, 0.2) is 52.9 Å². The van der Waals surface area contributed by atoms with Crippen LogP contribution in [0.1, 0.15) is 21.8 Å². The highest BCUT2D eigenvalue weighted by Crippen LogP contribution is 2.19. The second kappa shape index (κ2) is 6.95. The van der Waals surface area contributed by atoms with Crippen LogP contribution in [0.4, 0.5) is 5.69 Å². The van der Waals surface area contributed by atoms with Crippen LogP contribution >= 0.6 is 0 Å². The number of nitrogens with zero attached hydrogens (tertiary/aromatic N) is 2.